The molecule has 1 amide bonds. The van der Waals surface area contributed by atoms with E-state index in [-0.39, 0.29) is 30.4 Å². The smallest absolute Gasteiger partial charge is 0.257 e. The molecule has 0 radical (unpaired) electrons. The minimum absolute atomic E-state index is 0.0000967. The number of ketones is 1. The van der Waals surface area contributed by atoms with Crippen LogP contribution in [0.15, 0.2) is 59.9 Å². The first kappa shape index (κ1) is 24.1. The number of anilines is 1. The second-order valence-electron chi connectivity index (χ2n) is 8.74. The van der Waals surface area contributed by atoms with E-state index in [1.807, 2.05) is 0 Å². The molecule has 2 aliphatic rings. The third-order valence-electron chi connectivity index (χ3n) is 6.35. The molecular weight excluding hydrogens is 484 g/mol. The molecule has 3 atom stereocenters. The summed E-state index contributed by atoms with van der Waals surface area (Å²) in [6.07, 6.45) is 11.2. The van der Waals surface area contributed by atoms with Gasteiger partial charge in [-0.2, -0.15) is 0 Å². The normalized spacial score (nSPS) is 22.0. The fraction of sp³-hybridized carbons (Fsp3) is 0.320. The van der Waals surface area contributed by atoms with Crippen LogP contribution in [0.1, 0.15) is 40.0 Å². The van der Waals surface area contributed by atoms with Gasteiger partial charge in [0.15, 0.2) is 5.78 Å². The molecule has 11 heteroatoms. The van der Waals surface area contributed by atoms with Gasteiger partial charge in [0.1, 0.15) is 17.8 Å². The van der Waals surface area contributed by atoms with Crippen LogP contribution in [-0.2, 0) is 4.74 Å². The zero-order chi connectivity index (χ0) is 25.1. The van der Waals surface area contributed by atoms with Gasteiger partial charge in [-0.3, -0.25) is 14.6 Å². The van der Waals surface area contributed by atoms with Gasteiger partial charge in [-0.25, -0.2) is 9.97 Å². The first-order valence-electron chi connectivity index (χ1n) is 11.7. The van der Waals surface area contributed by atoms with E-state index in [2.05, 4.69) is 30.6 Å². The number of fused-ring (bicyclic) bond motifs is 1. The Hall–Kier alpha value is -3.60. The first-order valence-corrected chi connectivity index (χ1v) is 12.0. The van der Waals surface area contributed by atoms with Gasteiger partial charge in [-0.1, -0.05) is 17.7 Å². The van der Waals surface area contributed by atoms with E-state index in [0.717, 1.165) is 12.8 Å². The van der Waals surface area contributed by atoms with Crippen LogP contribution in [0.3, 0.4) is 0 Å². The number of aromatic nitrogens is 4. The van der Waals surface area contributed by atoms with Crippen molar-refractivity contribution in [2.45, 2.75) is 31.4 Å². The highest BCUT2D eigenvalue weighted by Crippen LogP contribution is 2.33. The lowest BCUT2D eigenvalue weighted by Crippen LogP contribution is -2.36. The second kappa shape index (κ2) is 10.6. The molecule has 36 heavy (non-hydrogen) atoms. The van der Waals surface area contributed by atoms with Gasteiger partial charge in [-0.15, -0.1) is 0 Å². The SMILES string of the molecule is O=C(NC1=CCC(C(=O)c2c[nH]c3ncnc(N[C@@H]4CC[C@H](CO)OC4)c23)C(Cl)=C1)c1cccnc1. The zero-order valence-corrected chi connectivity index (χ0v) is 20.0. The molecule has 186 valence electrons. The van der Waals surface area contributed by atoms with Crippen LogP contribution in [0.4, 0.5) is 5.82 Å². The summed E-state index contributed by atoms with van der Waals surface area (Å²) in [5, 5.41) is 16.4. The number of carbonyl (C=O) groups is 2. The minimum Gasteiger partial charge on any atom is -0.394 e. The highest BCUT2D eigenvalue weighted by Gasteiger charge is 2.30. The molecule has 0 spiro atoms. The maximum atomic E-state index is 13.6. The monoisotopic (exact) mass is 508 g/mol. The lowest BCUT2D eigenvalue weighted by Gasteiger charge is -2.29. The van der Waals surface area contributed by atoms with Crippen LogP contribution in [0.5, 0.6) is 0 Å². The summed E-state index contributed by atoms with van der Waals surface area (Å²) in [6, 6.07) is 3.34. The maximum absolute atomic E-state index is 13.6. The summed E-state index contributed by atoms with van der Waals surface area (Å²) in [6.45, 7) is 0.430. The molecule has 1 unspecified atom stereocenters. The number of pyridine rings is 1. The molecule has 4 heterocycles. The summed E-state index contributed by atoms with van der Waals surface area (Å²) in [7, 11) is 0. The fourth-order valence-corrected chi connectivity index (χ4v) is 4.70. The number of rotatable bonds is 7. The first-order chi connectivity index (χ1) is 17.5. The van der Waals surface area contributed by atoms with Gasteiger partial charge in [0.05, 0.1) is 42.2 Å². The number of hydrogen-bond acceptors (Lipinski definition) is 8. The second-order valence-corrected chi connectivity index (χ2v) is 9.18. The molecule has 10 nitrogen and oxygen atoms in total. The van der Waals surface area contributed by atoms with E-state index >= 15 is 0 Å². The van der Waals surface area contributed by atoms with Crippen LogP contribution in [0.25, 0.3) is 11.0 Å². The standard InChI is InChI=1S/C25H25ClN6O4/c26-20-8-15(32-25(35)14-2-1-7-27-9-14)4-6-18(20)22(34)19-10-28-23-21(19)24(30-13-29-23)31-16-3-5-17(11-33)36-12-16/h1-2,4,7-10,13,16-18,33H,3,5-6,11-12H2,(H,32,35)(H2,28,29,30,31)/t16-,17-,18?/m1/s1. The molecule has 4 N–H and O–H groups in total. The summed E-state index contributed by atoms with van der Waals surface area (Å²) < 4.78 is 5.66. The number of nitrogens with zero attached hydrogens (tertiary/aromatic N) is 3. The predicted octanol–water partition coefficient (Wildman–Crippen LogP) is 2.94. The van der Waals surface area contributed by atoms with E-state index in [4.69, 9.17) is 16.3 Å². The maximum Gasteiger partial charge on any atom is 0.257 e. The van der Waals surface area contributed by atoms with E-state index < -0.39 is 5.92 Å². The topological polar surface area (TPSA) is 142 Å². The molecule has 0 saturated carbocycles. The van der Waals surface area contributed by atoms with Gasteiger partial charge in [0.25, 0.3) is 5.91 Å². The number of ether oxygens (including phenoxy) is 1. The van der Waals surface area contributed by atoms with E-state index in [1.54, 1.807) is 36.7 Å². The van der Waals surface area contributed by atoms with Crippen molar-refractivity contribution in [2.24, 2.45) is 5.92 Å². The predicted molar refractivity (Wildman–Crippen MR) is 134 cm³/mol. The van der Waals surface area contributed by atoms with Gasteiger partial charge >= 0.3 is 0 Å². The van der Waals surface area contributed by atoms with E-state index in [0.29, 0.717) is 51.7 Å². The Morgan fingerprint density at radius 2 is 2.17 bits per heavy atom. The fourth-order valence-electron chi connectivity index (χ4n) is 4.40. The number of aromatic amines is 1. The summed E-state index contributed by atoms with van der Waals surface area (Å²) in [5.41, 5.74) is 1.93. The Morgan fingerprint density at radius 1 is 1.28 bits per heavy atom. The molecule has 1 aliphatic carbocycles. The number of nitrogens with one attached hydrogen (secondary N) is 3. The third-order valence-corrected chi connectivity index (χ3v) is 6.72. The molecule has 0 aromatic carbocycles. The number of amides is 1. The molecule has 5 rings (SSSR count). The molecular formula is C25H25ClN6O4. The molecule has 3 aromatic rings. The number of aliphatic hydroxyl groups is 1. The molecule has 0 bridgehead atoms. The quantitative estimate of drug-likeness (QED) is 0.357. The van der Waals surface area contributed by atoms with Crippen molar-refractivity contribution in [1.29, 1.82) is 0 Å². The zero-order valence-electron chi connectivity index (χ0n) is 19.3. The molecule has 3 aromatic heterocycles. The summed E-state index contributed by atoms with van der Waals surface area (Å²) >= 11 is 6.53. The van der Waals surface area contributed by atoms with Gasteiger partial charge < -0.3 is 25.5 Å². The lowest BCUT2D eigenvalue weighted by atomic mass is 9.90. The van der Waals surface area contributed by atoms with Crippen LogP contribution < -0.4 is 10.6 Å². The van der Waals surface area contributed by atoms with Gasteiger partial charge in [0.2, 0.25) is 0 Å². The van der Waals surface area contributed by atoms with Crippen molar-refractivity contribution in [2.75, 3.05) is 18.5 Å². The van der Waals surface area contributed by atoms with Crippen molar-refractivity contribution in [3.8, 4) is 0 Å². The number of aliphatic hydroxyl groups excluding tert-OH is 1. The Balaban J connectivity index is 1.32. The van der Waals surface area contributed by atoms with Crippen LogP contribution >= 0.6 is 11.6 Å². The molecule has 1 fully saturated rings. The van der Waals surface area contributed by atoms with E-state index in [9.17, 15) is 14.7 Å². The average molecular weight is 509 g/mol. The molecule has 1 aliphatic heterocycles. The van der Waals surface area contributed by atoms with Crippen LogP contribution in [0, 0.1) is 5.92 Å². The highest BCUT2D eigenvalue weighted by molar-refractivity contribution is 6.32. The van der Waals surface area contributed by atoms with Crippen LogP contribution in [-0.4, -0.2) is 62.1 Å². The number of carbonyl (C=O) groups excluding carboxylic acids is 2. The Kier molecular flexibility index (Phi) is 7.08. The van der Waals surface area contributed by atoms with Crippen molar-refractivity contribution in [1.82, 2.24) is 25.3 Å². The molecule has 1 saturated heterocycles. The van der Waals surface area contributed by atoms with E-state index in [1.165, 1.54) is 12.5 Å². The third kappa shape index (κ3) is 5.01. The van der Waals surface area contributed by atoms with Crippen molar-refractivity contribution < 1.29 is 19.4 Å². The summed E-state index contributed by atoms with van der Waals surface area (Å²) in [5.74, 6) is -0.534. The van der Waals surface area contributed by atoms with Gasteiger partial charge in [0, 0.05) is 34.9 Å². The number of H-pyrrole nitrogens is 1. The minimum atomic E-state index is -0.596. The Bertz CT molecular complexity index is 1330. The largest absolute Gasteiger partial charge is 0.394 e. The van der Waals surface area contributed by atoms with Crippen LogP contribution in [0.2, 0.25) is 0 Å². The average Bonchev–Trinajstić information content (AvgIpc) is 3.35. The number of Topliss-reactive ketones (excluding diaryl/α,β-unsaturated/α-hetero) is 1. The van der Waals surface area contributed by atoms with Crippen molar-refractivity contribution in [3.63, 3.8) is 0 Å². The van der Waals surface area contributed by atoms with Crippen molar-refractivity contribution >= 4 is 40.1 Å². The number of halogens is 1. The number of allylic oxidation sites excluding steroid dienone is 3. The number of hydrogen-bond donors (Lipinski definition) is 4. The Morgan fingerprint density at radius 3 is 2.89 bits per heavy atom. The summed E-state index contributed by atoms with van der Waals surface area (Å²) in [4.78, 5) is 41.6. The Labute approximate surface area is 211 Å². The highest BCUT2D eigenvalue weighted by atomic mass is 35.5. The lowest BCUT2D eigenvalue weighted by molar-refractivity contribution is -0.0224. The van der Waals surface area contributed by atoms with Gasteiger partial charge in [-0.05, 0) is 37.5 Å². The van der Waals surface area contributed by atoms with Crippen molar-refractivity contribution in [3.05, 3.63) is 71.1 Å².